The summed E-state index contributed by atoms with van der Waals surface area (Å²) in [5.41, 5.74) is 0.678. The molecule has 0 unspecified atom stereocenters. The molecule has 0 saturated carbocycles. The van der Waals surface area contributed by atoms with Gasteiger partial charge >= 0.3 is 5.97 Å². The first-order valence-electron chi connectivity index (χ1n) is 6.63. The van der Waals surface area contributed by atoms with Crippen LogP contribution in [0.1, 0.15) is 43.6 Å². The minimum atomic E-state index is -3.66. The summed E-state index contributed by atoms with van der Waals surface area (Å²) < 4.78 is 26.4. The van der Waals surface area contributed by atoms with Crippen LogP contribution in [0, 0.1) is 0 Å². The van der Waals surface area contributed by atoms with Crippen LogP contribution in [-0.4, -0.2) is 36.4 Å². The van der Waals surface area contributed by atoms with Crippen LogP contribution in [0.25, 0.3) is 0 Å². The summed E-state index contributed by atoms with van der Waals surface area (Å²) in [4.78, 5) is 11.3. The zero-order chi connectivity index (χ0) is 15.5. The molecular formula is C14H21NO4S. The Morgan fingerprint density at radius 2 is 1.90 bits per heavy atom. The molecule has 20 heavy (non-hydrogen) atoms. The highest BCUT2D eigenvalue weighted by Gasteiger charge is 2.26. The zero-order valence-corrected chi connectivity index (χ0v) is 13.1. The molecule has 5 nitrogen and oxygen atoms in total. The monoisotopic (exact) mass is 299 g/mol. The van der Waals surface area contributed by atoms with E-state index in [0.29, 0.717) is 18.5 Å². The van der Waals surface area contributed by atoms with E-state index in [1.807, 2.05) is 6.92 Å². The Labute approximate surface area is 120 Å². The van der Waals surface area contributed by atoms with Gasteiger partial charge in [0.15, 0.2) is 0 Å². The Hall–Kier alpha value is -1.40. The van der Waals surface area contributed by atoms with E-state index in [0.717, 1.165) is 0 Å². The summed E-state index contributed by atoms with van der Waals surface area (Å²) in [5, 5.41) is 9.18. The van der Waals surface area contributed by atoms with Crippen molar-refractivity contribution in [3.05, 3.63) is 29.3 Å². The third kappa shape index (κ3) is 3.19. The molecule has 0 fully saturated rings. The number of carbonyl (C=O) groups is 1. The van der Waals surface area contributed by atoms with Gasteiger partial charge < -0.3 is 5.11 Å². The maximum absolute atomic E-state index is 12.5. The van der Waals surface area contributed by atoms with Crippen LogP contribution in [0.3, 0.4) is 0 Å². The third-order valence-electron chi connectivity index (χ3n) is 3.19. The number of carboxylic acids is 1. The lowest BCUT2D eigenvalue weighted by Gasteiger charge is -2.24. The van der Waals surface area contributed by atoms with Crippen molar-refractivity contribution in [3.63, 3.8) is 0 Å². The van der Waals surface area contributed by atoms with Crippen molar-refractivity contribution >= 4 is 16.0 Å². The van der Waals surface area contributed by atoms with Crippen molar-refractivity contribution in [2.45, 2.75) is 45.1 Å². The first-order valence-corrected chi connectivity index (χ1v) is 8.07. The molecule has 0 spiro atoms. The van der Waals surface area contributed by atoms with E-state index < -0.39 is 16.0 Å². The van der Waals surface area contributed by atoms with Crippen LogP contribution in [0.2, 0.25) is 0 Å². The van der Waals surface area contributed by atoms with Gasteiger partial charge in [0.1, 0.15) is 0 Å². The fourth-order valence-corrected chi connectivity index (χ4v) is 3.84. The molecule has 0 heterocycles. The number of rotatable bonds is 6. The molecule has 6 heteroatoms. The van der Waals surface area contributed by atoms with Crippen LogP contribution < -0.4 is 0 Å². The highest BCUT2D eigenvalue weighted by molar-refractivity contribution is 7.89. The molecule has 0 atom stereocenters. The molecule has 0 aliphatic rings. The van der Waals surface area contributed by atoms with E-state index in [1.54, 1.807) is 26.8 Å². The van der Waals surface area contributed by atoms with E-state index in [2.05, 4.69) is 0 Å². The topological polar surface area (TPSA) is 74.7 Å². The Morgan fingerprint density at radius 1 is 1.30 bits per heavy atom. The van der Waals surface area contributed by atoms with E-state index in [4.69, 9.17) is 0 Å². The van der Waals surface area contributed by atoms with Crippen LogP contribution in [-0.2, 0) is 16.4 Å². The first kappa shape index (κ1) is 16.7. The number of hydrogen-bond acceptors (Lipinski definition) is 3. The summed E-state index contributed by atoms with van der Waals surface area (Å²) in [6, 6.07) is 4.13. The Balaban J connectivity index is 3.40. The summed E-state index contributed by atoms with van der Waals surface area (Å²) in [6.45, 7) is 7.52. The van der Waals surface area contributed by atoms with Crippen LogP contribution in [0.4, 0.5) is 0 Å². The Morgan fingerprint density at radius 3 is 2.30 bits per heavy atom. The maximum atomic E-state index is 12.5. The molecule has 0 saturated heterocycles. The smallest absolute Gasteiger partial charge is 0.336 e. The molecular weight excluding hydrogens is 278 g/mol. The molecule has 1 N–H and O–H groups in total. The van der Waals surface area contributed by atoms with Crippen molar-refractivity contribution in [2.75, 3.05) is 6.54 Å². The first-order chi connectivity index (χ1) is 9.25. The van der Waals surface area contributed by atoms with Crippen molar-refractivity contribution in [3.8, 4) is 0 Å². The van der Waals surface area contributed by atoms with Gasteiger partial charge in [-0.25, -0.2) is 13.2 Å². The van der Waals surface area contributed by atoms with Crippen LogP contribution >= 0.6 is 0 Å². The number of hydrogen-bond donors (Lipinski definition) is 1. The second kappa shape index (κ2) is 6.37. The minimum Gasteiger partial charge on any atom is -0.478 e. The maximum Gasteiger partial charge on any atom is 0.336 e. The predicted molar refractivity (Wildman–Crippen MR) is 77.5 cm³/mol. The van der Waals surface area contributed by atoms with Gasteiger partial charge in [-0.3, -0.25) is 0 Å². The fourth-order valence-electron chi connectivity index (χ4n) is 2.17. The highest BCUT2D eigenvalue weighted by atomic mass is 32.2. The average Bonchev–Trinajstić information content (AvgIpc) is 2.37. The van der Waals surface area contributed by atoms with E-state index >= 15 is 0 Å². The van der Waals surface area contributed by atoms with Gasteiger partial charge in [-0.05, 0) is 38.0 Å². The molecule has 0 amide bonds. The summed E-state index contributed by atoms with van der Waals surface area (Å²) in [6.07, 6.45) is 0.545. The van der Waals surface area contributed by atoms with Crippen LogP contribution in [0.5, 0.6) is 0 Å². The second-order valence-electron chi connectivity index (χ2n) is 4.78. The van der Waals surface area contributed by atoms with Gasteiger partial charge in [-0.1, -0.05) is 19.9 Å². The third-order valence-corrected chi connectivity index (χ3v) is 5.33. The molecule has 0 aliphatic heterocycles. The van der Waals surface area contributed by atoms with Gasteiger partial charge in [-0.2, -0.15) is 4.31 Å². The molecule has 1 aromatic rings. The molecule has 0 bridgehead atoms. The van der Waals surface area contributed by atoms with Crippen molar-refractivity contribution in [2.24, 2.45) is 0 Å². The standard InChI is InChI=1S/C14H21NO4S/c1-5-11-7-8-12(9-13(11)14(16)17)20(18,19)15(6-2)10(3)4/h7-10H,5-6H2,1-4H3,(H,16,17). The Kier molecular flexibility index (Phi) is 5.30. The molecule has 1 aromatic carbocycles. The van der Waals surface area contributed by atoms with Crippen molar-refractivity contribution in [1.82, 2.24) is 4.31 Å². The lowest BCUT2D eigenvalue weighted by atomic mass is 10.1. The normalized spacial score (nSPS) is 12.1. The summed E-state index contributed by atoms with van der Waals surface area (Å²) >= 11 is 0. The lowest BCUT2D eigenvalue weighted by molar-refractivity contribution is 0.0695. The molecule has 0 aliphatic carbocycles. The van der Waals surface area contributed by atoms with E-state index in [-0.39, 0.29) is 16.5 Å². The number of benzene rings is 1. The zero-order valence-electron chi connectivity index (χ0n) is 12.3. The van der Waals surface area contributed by atoms with Gasteiger partial charge in [-0.15, -0.1) is 0 Å². The second-order valence-corrected chi connectivity index (χ2v) is 6.67. The van der Waals surface area contributed by atoms with Gasteiger partial charge in [0.2, 0.25) is 10.0 Å². The molecule has 1 rings (SSSR count). The van der Waals surface area contributed by atoms with Gasteiger partial charge in [0.05, 0.1) is 10.5 Å². The lowest BCUT2D eigenvalue weighted by Crippen LogP contribution is -2.36. The number of nitrogens with zero attached hydrogens (tertiary/aromatic N) is 1. The van der Waals surface area contributed by atoms with E-state index in [1.165, 1.54) is 16.4 Å². The number of carboxylic acid groups (broad SMARTS) is 1. The SMILES string of the molecule is CCc1ccc(S(=O)(=O)N(CC)C(C)C)cc1C(=O)O. The predicted octanol–water partition coefficient (Wildman–Crippen LogP) is 2.37. The van der Waals surface area contributed by atoms with Gasteiger partial charge in [0.25, 0.3) is 0 Å². The van der Waals surface area contributed by atoms with E-state index in [9.17, 15) is 18.3 Å². The quantitative estimate of drug-likeness (QED) is 0.875. The summed E-state index contributed by atoms with van der Waals surface area (Å²) in [7, 11) is -3.66. The molecule has 0 aromatic heterocycles. The number of sulfonamides is 1. The molecule has 112 valence electrons. The highest BCUT2D eigenvalue weighted by Crippen LogP contribution is 2.22. The number of aromatic carboxylic acids is 1. The largest absolute Gasteiger partial charge is 0.478 e. The van der Waals surface area contributed by atoms with Crippen molar-refractivity contribution < 1.29 is 18.3 Å². The summed E-state index contributed by atoms with van der Waals surface area (Å²) in [5.74, 6) is -1.11. The molecule has 0 radical (unpaired) electrons. The van der Waals surface area contributed by atoms with Gasteiger partial charge in [0, 0.05) is 12.6 Å². The minimum absolute atomic E-state index is 0.0302. The Bertz CT molecular complexity index is 593. The fraction of sp³-hybridized carbons (Fsp3) is 0.500. The van der Waals surface area contributed by atoms with Crippen LogP contribution in [0.15, 0.2) is 23.1 Å². The van der Waals surface area contributed by atoms with Crippen molar-refractivity contribution in [1.29, 1.82) is 0 Å². The average molecular weight is 299 g/mol. The number of aryl methyl sites for hydroxylation is 1.